The third kappa shape index (κ3) is 5.94. The van der Waals surface area contributed by atoms with E-state index < -0.39 is 18.0 Å². The number of nitrogens with zero attached hydrogens (tertiary/aromatic N) is 1. The van der Waals surface area contributed by atoms with Crippen LogP contribution in [-0.4, -0.2) is 24.2 Å². The Hall–Kier alpha value is -3.10. The van der Waals surface area contributed by atoms with Crippen LogP contribution in [0.4, 0.5) is 0 Å². The summed E-state index contributed by atoms with van der Waals surface area (Å²) in [6.45, 7) is 1.56. The third-order valence-electron chi connectivity index (χ3n) is 4.79. The van der Waals surface area contributed by atoms with Gasteiger partial charge in [-0.1, -0.05) is 65.1 Å². The number of hydrogen-bond acceptors (Lipinski definition) is 6. The molecule has 0 spiro atoms. The SMILES string of the molecule is C[C@@H](Oc1ccc(Cl)cc1Cl)C(=O)N/N=C\c1ccccc1OC(=O)c1sc2ccccc2c1Cl. The molecule has 0 radical (unpaired) electrons. The van der Waals surface area contributed by atoms with Crippen molar-refractivity contribution < 1.29 is 19.1 Å². The molecule has 0 saturated carbocycles. The van der Waals surface area contributed by atoms with Crippen molar-refractivity contribution in [1.82, 2.24) is 5.43 Å². The van der Waals surface area contributed by atoms with Gasteiger partial charge in [-0.05, 0) is 43.3 Å². The number of halogens is 3. The number of nitrogens with one attached hydrogen (secondary N) is 1. The van der Waals surface area contributed by atoms with E-state index in [1.807, 2.05) is 24.3 Å². The van der Waals surface area contributed by atoms with Crippen molar-refractivity contribution in [2.24, 2.45) is 5.10 Å². The van der Waals surface area contributed by atoms with Gasteiger partial charge in [-0.2, -0.15) is 5.10 Å². The average molecular weight is 548 g/mol. The largest absolute Gasteiger partial charge is 0.479 e. The smallest absolute Gasteiger partial charge is 0.355 e. The first-order chi connectivity index (χ1) is 16.8. The first-order valence-electron chi connectivity index (χ1n) is 10.3. The highest BCUT2D eigenvalue weighted by atomic mass is 35.5. The van der Waals surface area contributed by atoms with E-state index in [-0.39, 0.29) is 10.8 Å². The predicted molar refractivity (Wildman–Crippen MR) is 141 cm³/mol. The van der Waals surface area contributed by atoms with Gasteiger partial charge >= 0.3 is 5.97 Å². The number of hydrogen-bond donors (Lipinski definition) is 1. The summed E-state index contributed by atoms with van der Waals surface area (Å²) < 4.78 is 12.0. The number of para-hydroxylation sites is 1. The number of hydrazone groups is 1. The maximum Gasteiger partial charge on any atom is 0.355 e. The minimum absolute atomic E-state index is 0.265. The molecule has 0 aliphatic rings. The van der Waals surface area contributed by atoms with Crippen molar-refractivity contribution in [3.63, 3.8) is 0 Å². The van der Waals surface area contributed by atoms with Crippen molar-refractivity contribution in [2.45, 2.75) is 13.0 Å². The molecule has 0 saturated heterocycles. The van der Waals surface area contributed by atoms with Crippen molar-refractivity contribution >= 4 is 74.3 Å². The lowest BCUT2D eigenvalue weighted by Crippen LogP contribution is -2.33. The normalized spacial score (nSPS) is 12.0. The Bertz CT molecular complexity index is 1440. The van der Waals surface area contributed by atoms with E-state index in [1.165, 1.54) is 23.6 Å². The molecule has 0 aliphatic heterocycles. The van der Waals surface area contributed by atoms with E-state index in [4.69, 9.17) is 44.3 Å². The zero-order valence-electron chi connectivity index (χ0n) is 18.1. The van der Waals surface area contributed by atoms with Crippen molar-refractivity contribution in [3.05, 3.63) is 92.2 Å². The Kier molecular flexibility index (Phi) is 7.93. The molecule has 0 unspecified atom stereocenters. The fourth-order valence-corrected chi connectivity index (χ4v) is 4.88. The summed E-state index contributed by atoms with van der Waals surface area (Å²) in [5.74, 6) is -0.497. The van der Waals surface area contributed by atoms with Gasteiger partial charge in [0.05, 0.1) is 16.3 Å². The number of fused-ring (bicyclic) bond motifs is 1. The van der Waals surface area contributed by atoms with Crippen molar-refractivity contribution in [3.8, 4) is 11.5 Å². The molecule has 178 valence electrons. The van der Waals surface area contributed by atoms with Crippen LogP contribution in [0.3, 0.4) is 0 Å². The van der Waals surface area contributed by atoms with Crippen LogP contribution in [0.2, 0.25) is 15.1 Å². The first kappa shape index (κ1) is 25.0. The third-order valence-corrected chi connectivity index (χ3v) is 6.97. The molecule has 3 aromatic carbocycles. The van der Waals surface area contributed by atoms with Gasteiger partial charge in [-0.3, -0.25) is 4.79 Å². The summed E-state index contributed by atoms with van der Waals surface area (Å²) in [6, 6.07) is 18.9. The minimum Gasteiger partial charge on any atom is -0.479 e. The average Bonchev–Trinajstić information content (AvgIpc) is 3.18. The Morgan fingerprint density at radius 2 is 1.74 bits per heavy atom. The molecular formula is C25H17Cl3N2O4S. The van der Waals surface area contributed by atoms with E-state index >= 15 is 0 Å². The second-order valence-electron chi connectivity index (χ2n) is 7.24. The van der Waals surface area contributed by atoms with Crippen LogP contribution in [0, 0.1) is 0 Å². The fourth-order valence-electron chi connectivity index (χ4n) is 3.04. The van der Waals surface area contributed by atoms with E-state index in [2.05, 4.69) is 10.5 Å². The number of carbonyl (C=O) groups excluding carboxylic acids is 2. The molecule has 4 aromatic rings. The molecule has 6 nitrogen and oxygen atoms in total. The van der Waals surface area contributed by atoms with Crippen LogP contribution in [0.5, 0.6) is 11.5 Å². The van der Waals surface area contributed by atoms with E-state index in [9.17, 15) is 9.59 Å². The predicted octanol–water partition coefficient (Wildman–Crippen LogP) is 7.00. The molecule has 1 atom stereocenters. The molecule has 10 heteroatoms. The van der Waals surface area contributed by atoms with Crippen LogP contribution in [0.1, 0.15) is 22.2 Å². The highest BCUT2D eigenvalue weighted by Crippen LogP contribution is 2.36. The molecule has 0 aliphatic carbocycles. The summed E-state index contributed by atoms with van der Waals surface area (Å²) >= 11 is 19.6. The number of carbonyl (C=O) groups is 2. The van der Waals surface area contributed by atoms with Gasteiger partial charge in [0.2, 0.25) is 0 Å². The monoisotopic (exact) mass is 546 g/mol. The Balaban J connectivity index is 1.42. The van der Waals surface area contributed by atoms with Gasteiger partial charge in [0, 0.05) is 20.7 Å². The minimum atomic E-state index is -0.881. The van der Waals surface area contributed by atoms with Crippen molar-refractivity contribution in [2.75, 3.05) is 0 Å². The van der Waals surface area contributed by atoms with Crippen LogP contribution < -0.4 is 14.9 Å². The topological polar surface area (TPSA) is 77.0 Å². The van der Waals surface area contributed by atoms with Crippen LogP contribution in [-0.2, 0) is 4.79 Å². The highest BCUT2D eigenvalue weighted by Gasteiger charge is 2.20. The van der Waals surface area contributed by atoms with Gasteiger partial charge in [0.25, 0.3) is 5.91 Å². The summed E-state index contributed by atoms with van der Waals surface area (Å²) in [5, 5.41) is 5.85. The number of amides is 1. The maximum absolute atomic E-state index is 12.8. The molecule has 0 fully saturated rings. The lowest BCUT2D eigenvalue weighted by Gasteiger charge is -2.14. The number of benzene rings is 3. The van der Waals surface area contributed by atoms with Crippen LogP contribution in [0.15, 0.2) is 71.8 Å². The lowest BCUT2D eigenvalue weighted by atomic mass is 10.2. The van der Waals surface area contributed by atoms with Gasteiger partial charge < -0.3 is 9.47 Å². The Labute approximate surface area is 220 Å². The molecular weight excluding hydrogens is 531 g/mol. The fraction of sp³-hybridized carbons (Fsp3) is 0.0800. The van der Waals surface area contributed by atoms with Gasteiger partial charge in [-0.25, -0.2) is 10.2 Å². The highest BCUT2D eigenvalue weighted by molar-refractivity contribution is 7.21. The maximum atomic E-state index is 12.8. The number of rotatable bonds is 7. The number of esters is 1. The van der Waals surface area contributed by atoms with Crippen LogP contribution in [0.25, 0.3) is 10.1 Å². The Morgan fingerprint density at radius 3 is 2.51 bits per heavy atom. The molecule has 4 rings (SSSR count). The standard InChI is InChI=1S/C25H17Cl3N2O4S/c1-14(33-20-11-10-16(26)12-18(20)27)24(31)30-29-13-15-6-2-4-8-19(15)34-25(32)23-22(28)17-7-3-5-9-21(17)35-23/h2-14H,1H3,(H,30,31)/b29-13-/t14-/m1/s1. The van der Waals surface area contributed by atoms with Gasteiger partial charge in [0.15, 0.2) is 6.10 Å². The Morgan fingerprint density at radius 1 is 1.00 bits per heavy atom. The molecule has 35 heavy (non-hydrogen) atoms. The van der Waals surface area contributed by atoms with E-state index in [1.54, 1.807) is 43.3 Å². The number of thiophene rings is 1. The first-order valence-corrected chi connectivity index (χ1v) is 12.2. The lowest BCUT2D eigenvalue weighted by molar-refractivity contribution is -0.127. The molecule has 1 heterocycles. The van der Waals surface area contributed by atoms with Crippen LogP contribution >= 0.6 is 46.1 Å². The van der Waals surface area contributed by atoms with Gasteiger partial charge in [-0.15, -0.1) is 11.3 Å². The summed E-state index contributed by atoms with van der Waals surface area (Å²) in [5.41, 5.74) is 2.88. The summed E-state index contributed by atoms with van der Waals surface area (Å²) in [7, 11) is 0. The zero-order chi connectivity index (χ0) is 24.9. The molecule has 1 N–H and O–H groups in total. The summed E-state index contributed by atoms with van der Waals surface area (Å²) in [6.07, 6.45) is 0.490. The zero-order valence-corrected chi connectivity index (χ0v) is 21.2. The van der Waals surface area contributed by atoms with E-state index in [0.29, 0.717) is 26.2 Å². The quantitative estimate of drug-likeness (QED) is 0.117. The second-order valence-corrected chi connectivity index (χ2v) is 9.51. The molecule has 0 bridgehead atoms. The summed E-state index contributed by atoms with van der Waals surface area (Å²) in [4.78, 5) is 25.5. The molecule has 1 aromatic heterocycles. The second kappa shape index (κ2) is 11.1. The van der Waals surface area contributed by atoms with E-state index in [0.717, 1.165) is 10.1 Å². The van der Waals surface area contributed by atoms with Gasteiger partial charge in [0.1, 0.15) is 16.4 Å². The molecule has 1 amide bonds. The van der Waals surface area contributed by atoms with Crippen molar-refractivity contribution in [1.29, 1.82) is 0 Å². The number of ether oxygens (including phenoxy) is 2.